The van der Waals surface area contributed by atoms with Crippen molar-refractivity contribution in [1.29, 1.82) is 0 Å². The molecule has 1 unspecified atom stereocenters. The Morgan fingerprint density at radius 3 is 2.62 bits per heavy atom. The monoisotopic (exact) mass is 444 g/mol. The van der Waals surface area contributed by atoms with E-state index in [1.807, 2.05) is 0 Å². The number of benzene rings is 2. The van der Waals surface area contributed by atoms with Crippen LogP contribution < -0.4 is 10.0 Å². The molecular formula is C17H18BrFN2O4S. The molecule has 0 bridgehead atoms. The molecule has 2 aromatic rings. The van der Waals surface area contributed by atoms with Crippen LogP contribution in [0.15, 0.2) is 57.9 Å². The zero-order chi connectivity index (χ0) is 19.2. The maximum Gasteiger partial charge on any atom is 0.240 e. The molecule has 0 aliphatic rings. The highest BCUT2D eigenvalue weighted by molar-refractivity contribution is 9.10. The van der Waals surface area contributed by atoms with Gasteiger partial charge in [0.1, 0.15) is 5.82 Å². The van der Waals surface area contributed by atoms with Crippen LogP contribution in [-0.4, -0.2) is 32.5 Å². The molecule has 0 saturated carbocycles. The molecule has 0 aliphatic carbocycles. The smallest absolute Gasteiger partial charge is 0.240 e. The Morgan fingerprint density at radius 2 is 1.92 bits per heavy atom. The van der Waals surface area contributed by atoms with Crippen LogP contribution in [0.5, 0.6) is 0 Å². The number of rotatable bonds is 8. The van der Waals surface area contributed by atoms with Crippen LogP contribution >= 0.6 is 15.9 Å². The first-order valence-corrected chi connectivity index (χ1v) is 10.0. The number of carbonyl (C=O) groups is 1. The van der Waals surface area contributed by atoms with Crippen molar-refractivity contribution in [3.05, 3.63) is 64.4 Å². The summed E-state index contributed by atoms with van der Waals surface area (Å²) in [7, 11) is -3.71. The molecule has 6 nitrogen and oxygen atoms in total. The third-order valence-corrected chi connectivity index (χ3v) is 5.43. The molecule has 9 heteroatoms. The van der Waals surface area contributed by atoms with Crippen molar-refractivity contribution in [2.24, 2.45) is 0 Å². The Bertz CT molecular complexity index is 877. The number of sulfonamides is 1. The third kappa shape index (κ3) is 6.17. The molecular weight excluding hydrogens is 427 g/mol. The summed E-state index contributed by atoms with van der Waals surface area (Å²) in [4.78, 5) is 11.9. The number of carbonyl (C=O) groups excluding carboxylic acids is 1. The second-order valence-electron chi connectivity index (χ2n) is 5.48. The number of hydrogen-bond acceptors (Lipinski definition) is 4. The van der Waals surface area contributed by atoms with Gasteiger partial charge < -0.3 is 10.4 Å². The van der Waals surface area contributed by atoms with E-state index in [9.17, 15) is 22.7 Å². The van der Waals surface area contributed by atoms with Gasteiger partial charge in [-0.15, -0.1) is 0 Å². The van der Waals surface area contributed by atoms with Gasteiger partial charge in [-0.25, -0.2) is 17.5 Å². The van der Waals surface area contributed by atoms with E-state index >= 15 is 0 Å². The lowest BCUT2D eigenvalue weighted by molar-refractivity contribution is -0.121. The van der Waals surface area contributed by atoms with Gasteiger partial charge in [0.25, 0.3) is 0 Å². The first-order chi connectivity index (χ1) is 12.3. The van der Waals surface area contributed by atoms with Gasteiger partial charge in [-0.2, -0.15) is 0 Å². The summed E-state index contributed by atoms with van der Waals surface area (Å²) in [6.07, 6.45) is -1.14. The summed E-state index contributed by atoms with van der Waals surface area (Å²) in [6, 6.07) is 11.7. The standard InChI is InChI=1S/C17H18BrFN2O4S/c18-13-4-2-6-15(10-13)26(24,25)21-8-7-17(23)20-11-16(22)12-3-1-5-14(19)9-12/h1-6,9-10,16,21-22H,7-8,11H2,(H,20,23). The van der Waals surface area contributed by atoms with E-state index in [0.717, 1.165) is 0 Å². The fourth-order valence-corrected chi connectivity index (χ4v) is 3.78. The highest BCUT2D eigenvalue weighted by atomic mass is 79.9. The van der Waals surface area contributed by atoms with Crippen LogP contribution in [0.1, 0.15) is 18.1 Å². The van der Waals surface area contributed by atoms with E-state index < -0.39 is 27.9 Å². The molecule has 140 valence electrons. The van der Waals surface area contributed by atoms with Gasteiger partial charge in [0.15, 0.2) is 0 Å². The molecule has 0 fully saturated rings. The summed E-state index contributed by atoms with van der Waals surface area (Å²) in [6.45, 7) is -0.183. The Hall–Kier alpha value is -1.81. The third-order valence-electron chi connectivity index (χ3n) is 3.48. The van der Waals surface area contributed by atoms with Crippen molar-refractivity contribution < 1.29 is 22.7 Å². The summed E-state index contributed by atoms with van der Waals surface area (Å²) >= 11 is 3.20. The van der Waals surface area contributed by atoms with Gasteiger partial charge in [-0.05, 0) is 35.9 Å². The molecule has 3 N–H and O–H groups in total. The van der Waals surface area contributed by atoms with Crippen molar-refractivity contribution in [3.8, 4) is 0 Å². The van der Waals surface area contributed by atoms with Crippen LogP contribution in [0.25, 0.3) is 0 Å². The summed E-state index contributed by atoms with van der Waals surface area (Å²) in [5.74, 6) is -0.910. The predicted octanol–water partition coefficient (Wildman–Crippen LogP) is 2.11. The topological polar surface area (TPSA) is 95.5 Å². The van der Waals surface area contributed by atoms with Gasteiger partial charge >= 0.3 is 0 Å². The Morgan fingerprint density at radius 1 is 1.19 bits per heavy atom. The molecule has 0 spiro atoms. The molecule has 2 aromatic carbocycles. The second-order valence-corrected chi connectivity index (χ2v) is 8.16. The molecule has 26 heavy (non-hydrogen) atoms. The van der Waals surface area contributed by atoms with Gasteiger partial charge in [-0.1, -0.05) is 34.1 Å². The second kappa shape index (κ2) is 9.22. The van der Waals surface area contributed by atoms with Crippen molar-refractivity contribution in [2.45, 2.75) is 17.4 Å². The van der Waals surface area contributed by atoms with Gasteiger partial charge in [0.05, 0.1) is 11.0 Å². The number of aliphatic hydroxyl groups is 1. The quantitative estimate of drug-likeness (QED) is 0.580. The molecule has 1 atom stereocenters. The first-order valence-electron chi connectivity index (χ1n) is 7.73. The largest absolute Gasteiger partial charge is 0.387 e. The highest BCUT2D eigenvalue weighted by Gasteiger charge is 2.15. The van der Waals surface area contributed by atoms with Crippen LogP contribution in [0.4, 0.5) is 4.39 Å². The summed E-state index contributed by atoms with van der Waals surface area (Å²) in [5, 5.41) is 12.4. The minimum absolute atomic E-state index is 0.0866. The van der Waals surface area contributed by atoms with Crippen LogP contribution in [0, 0.1) is 5.82 Å². The highest BCUT2D eigenvalue weighted by Crippen LogP contribution is 2.16. The molecule has 0 heterocycles. The van der Waals surface area contributed by atoms with Crippen molar-refractivity contribution in [2.75, 3.05) is 13.1 Å². The lowest BCUT2D eigenvalue weighted by atomic mass is 10.1. The molecule has 1 amide bonds. The van der Waals surface area contributed by atoms with E-state index in [1.165, 1.54) is 30.3 Å². The van der Waals surface area contributed by atoms with E-state index in [4.69, 9.17) is 0 Å². The summed E-state index contributed by atoms with van der Waals surface area (Å²) in [5.41, 5.74) is 0.348. The Labute approximate surface area is 159 Å². The predicted molar refractivity (Wildman–Crippen MR) is 98.3 cm³/mol. The fraction of sp³-hybridized carbons (Fsp3) is 0.235. The average molecular weight is 445 g/mol. The molecule has 0 radical (unpaired) electrons. The van der Waals surface area contributed by atoms with Gasteiger partial charge in [0, 0.05) is 24.0 Å². The van der Waals surface area contributed by atoms with Crippen LogP contribution in [0.3, 0.4) is 0 Å². The fourth-order valence-electron chi connectivity index (χ4n) is 2.15. The van der Waals surface area contributed by atoms with Crippen molar-refractivity contribution >= 4 is 31.9 Å². The van der Waals surface area contributed by atoms with Gasteiger partial charge in [-0.3, -0.25) is 4.79 Å². The van der Waals surface area contributed by atoms with Crippen molar-refractivity contribution in [1.82, 2.24) is 10.0 Å². The molecule has 0 aliphatic heterocycles. The maximum atomic E-state index is 13.1. The summed E-state index contributed by atoms with van der Waals surface area (Å²) < 4.78 is 40.3. The minimum Gasteiger partial charge on any atom is -0.387 e. The van der Waals surface area contributed by atoms with E-state index in [2.05, 4.69) is 26.0 Å². The Balaban J connectivity index is 1.78. The molecule has 2 rings (SSSR count). The van der Waals surface area contributed by atoms with Crippen molar-refractivity contribution in [3.63, 3.8) is 0 Å². The van der Waals surface area contributed by atoms with E-state index in [-0.39, 0.29) is 24.4 Å². The van der Waals surface area contributed by atoms with E-state index in [1.54, 1.807) is 18.2 Å². The number of nitrogens with one attached hydrogen (secondary N) is 2. The number of aliphatic hydroxyl groups excluding tert-OH is 1. The maximum absolute atomic E-state index is 13.1. The normalized spacial score (nSPS) is 12.6. The number of amides is 1. The Kier molecular flexibility index (Phi) is 7.27. The number of hydrogen-bond donors (Lipinski definition) is 3. The SMILES string of the molecule is O=C(CCNS(=O)(=O)c1cccc(Br)c1)NCC(O)c1cccc(F)c1. The zero-order valence-corrected chi connectivity index (χ0v) is 16.1. The minimum atomic E-state index is -3.71. The zero-order valence-electron chi connectivity index (χ0n) is 13.7. The van der Waals surface area contributed by atoms with Crippen LogP contribution in [0.2, 0.25) is 0 Å². The molecule has 0 saturated heterocycles. The average Bonchev–Trinajstić information content (AvgIpc) is 2.59. The van der Waals surface area contributed by atoms with Crippen LogP contribution in [-0.2, 0) is 14.8 Å². The number of halogens is 2. The molecule has 0 aromatic heterocycles. The lowest BCUT2D eigenvalue weighted by Gasteiger charge is -2.12. The lowest BCUT2D eigenvalue weighted by Crippen LogP contribution is -2.32. The first kappa shape index (κ1) is 20.5. The van der Waals surface area contributed by atoms with Gasteiger partial charge in [0.2, 0.25) is 15.9 Å². The van der Waals surface area contributed by atoms with E-state index in [0.29, 0.717) is 10.0 Å².